The van der Waals surface area contributed by atoms with Crippen LogP contribution in [0.3, 0.4) is 0 Å². The number of hydrogen-bond acceptors (Lipinski definition) is 4. The molecule has 2 saturated heterocycles. The van der Waals surface area contributed by atoms with Crippen molar-refractivity contribution in [3.8, 4) is 0 Å². The summed E-state index contributed by atoms with van der Waals surface area (Å²) in [5.41, 5.74) is 0.304. The molecule has 6 bridgehead atoms. The molecule has 0 radical (unpaired) electrons. The van der Waals surface area contributed by atoms with Crippen molar-refractivity contribution in [1.29, 1.82) is 0 Å². The lowest BCUT2D eigenvalue weighted by atomic mass is 9.52. The molecule has 2 N–H and O–H groups in total. The third-order valence-electron chi connectivity index (χ3n) is 9.68. The van der Waals surface area contributed by atoms with Gasteiger partial charge in [-0.25, -0.2) is 4.98 Å². The highest BCUT2D eigenvalue weighted by atomic mass is 31.2. The van der Waals surface area contributed by atoms with Crippen LogP contribution in [0, 0.1) is 17.8 Å². The van der Waals surface area contributed by atoms with E-state index in [1.807, 2.05) is 12.1 Å². The molecule has 4 saturated carbocycles. The SMILES string of the molecule is O=c1c(P(=O)(O)O)nc2ccccc2n1C1C[C@H]2CC[C@@H](C1)N2C12CC3CC(CC(C3)C1)C2. The quantitative estimate of drug-likeness (QED) is 0.670. The van der Waals surface area contributed by atoms with Gasteiger partial charge in [0.2, 0.25) is 5.44 Å². The lowest BCUT2D eigenvalue weighted by Crippen LogP contribution is -2.64. The second-order valence-corrected chi connectivity index (χ2v) is 13.2. The molecule has 33 heavy (non-hydrogen) atoms. The van der Waals surface area contributed by atoms with Crippen molar-refractivity contribution in [3.63, 3.8) is 0 Å². The zero-order valence-corrected chi connectivity index (χ0v) is 19.7. The van der Waals surface area contributed by atoms with Gasteiger partial charge in [-0.1, -0.05) is 12.1 Å². The first-order chi connectivity index (χ1) is 15.8. The average Bonchev–Trinajstić information content (AvgIpc) is 3.03. The Balaban J connectivity index is 1.28. The number of para-hydroxylation sites is 2. The van der Waals surface area contributed by atoms with Gasteiger partial charge >= 0.3 is 7.60 Å². The lowest BCUT2D eigenvalue weighted by molar-refractivity contribution is -0.121. The molecule has 1 aromatic carbocycles. The molecule has 4 aliphatic carbocycles. The highest BCUT2D eigenvalue weighted by molar-refractivity contribution is 7.59. The summed E-state index contributed by atoms with van der Waals surface area (Å²) >= 11 is 0. The molecule has 176 valence electrons. The Morgan fingerprint density at radius 3 is 2.03 bits per heavy atom. The van der Waals surface area contributed by atoms with Gasteiger partial charge in [0, 0.05) is 23.7 Å². The van der Waals surface area contributed by atoms with Crippen molar-refractivity contribution < 1.29 is 14.4 Å². The third-order valence-corrected chi connectivity index (χ3v) is 10.5. The van der Waals surface area contributed by atoms with Crippen LogP contribution >= 0.6 is 7.60 Å². The summed E-state index contributed by atoms with van der Waals surface area (Å²) in [4.78, 5) is 40.0. The maximum atomic E-state index is 13.4. The van der Waals surface area contributed by atoms with E-state index in [9.17, 15) is 19.1 Å². The number of nitrogens with zero attached hydrogens (tertiary/aromatic N) is 3. The summed E-state index contributed by atoms with van der Waals surface area (Å²) in [5.74, 6) is 2.72. The number of fused-ring (bicyclic) bond motifs is 3. The van der Waals surface area contributed by atoms with Crippen LogP contribution in [-0.4, -0.2) is 41.9 Å². The first-order valence-corrected chi connectivity index (χ1v) is 14.3. The predicted octanol–water partition coefficient (Wildman–Crippen LogP) is 3.34. The fourth-order valence-electron chi connectivity index (χ4n) is 9.21. The van der Waals surface area contributed by atoms with Gasteiger partial charge in [-0.3, -0.25) is 14.3 Å². The van der Waals surface area contributed by atoms with Crippen LogP contribution in [-0.2, 0) is 4.57 Å². The number of hydrogen-bond donors (Lipinski definition) is 2. The highest BCUT2D eigenvalue weighted by Crippen LogP contribution is 2.61. The Hall–Kier alpha value is -1.53. The van der Waals surface area contributed by atoms with E-state index in [0.29, 0.717) is 28.7 Å². The molecule has 8 rings (SSSR count). The minimum Gasteiger partial charge on any atom is -0.320 e. The normalized spacial score (nSPS) is 40.1. The first-order valence-electron chi connectivity index (χ1n) is 12.7. The van der Waals surface area contributed by atoms with Crippen LogP contribution in [0.1, 0.15) is 70.3 Å². The molecule has 3 atom stereocenters. The van der Waals surface area contributed by atoms with Crippen molar-refractivity contribution >= 4 is 24.1 Å². The van der Waals surface area contributed by atoms with Crippen LogP contribution in [0.25, 0.3) is 11.0 Å². The third kappa shape index (κ3) is 3.09. The van der Waals surface area contributed by atoms with Gasteiger partial charge in [-0.15, -0.1) is 0 Å². The van der Waals surface area contributed by atoms with Crippen LogP contribution in [0.15, 0.2) is 29.1 Å². The molecular formula is C25H32N3O4P. The maximum Gasteiger partial charge on any atom is 0.380 e. The van der Waals surface area contributed by atoms with E-state index < -0.39 is 18.6 Å². The molecule has 6 aliphatic rings. The molecule has 3 heterocycles. The summed E-state index contributed by atoms with van der Waals surface area (Å²) in [5, 5.41) is 0. The number of piperidine rings is 1. The highest BCUT2D eigenvalue weighted by Gasteiger charge is 2.58. The number of aromatic nitrogens is 2. The summed E-state index contributed by atoms with van der Waals surface area (Å²) in [6, 6.07) is 8.15. The van der Waals surface area contributed by atoms with Crippen molar-refractivity contribution in [2.75, 3.05) is 0 Å². The van der Waals surface area contributed by atoms with E-state index in [1.165, 1.54) is 51.4 Å². The van der Waals surface area contributed by atoms with Crippen molar-refractivity contribution in [1.82, 2.24) is 14.5 Å². The molecule has 2 aliphatic heterocycles. The van der Waals surface area contributed by atoms with E-state index in [0.717, 1.165) is 30.6 Å². The smallest absolute Gasteiger partial charge is 0.320 e. The topological polar surface area (TPSA) is 95.7 Å². The van der Waals surface area contributed by atoms with E-state index >= 15 is 0 Å². The summed E-state index contributed by atoms with van der Waals surface area (Å²) < 4.78 is 13.8. The van der Waals surface area contributed by atoms with Crippen LogP contribution in [0.2, 0.25) is 0 Å². The van der Waals surface area contributed by atoms with Gasteiger partial charge in [0.05, 0.1) is 11.0 Å². The molecule has 6 fully saturated rings. The minimum atomic E-state index is -4.76. The summed E-state index contributed by atoms with van der Waals surface area (Å²) in [7, 11) is -4.76. The fourth-order valence-corrected chi connectivity index (χ4v) is 9.80. The Labute approximate surface area is 193 Å². The Bertz CT molecular complexity index is 1190. The molecule has 1 aromatic heterocycles. The van der Waals surface area contributed by atoms with E-state index in [-0.39, 0.29) is 6.04 Å². The standard InChI is InChI=1S/C25H32N3O4P/c29-24-23(33(30,31)32)26-21-3-1-2-4-22(21)27(24)20-10-18-5-6-19(11-20)28(18)25-12-15-7-16(13-25)9-17(8-15)14-25/h1-4,15-20H,5-14H2,(H2,30,31,32)/t15?,16?,17?,18-,19+,20?,25?. The molecule has 7 nitrogen and oxygen atoms in total. The van der Waals surface area contributed by atoms with E-state index in [1.54, 1.807) is 16.7 Å². The predicted molar refractivity (Wildman–Crippen MR) is 126 cm³/mol. The van der Waals surface area contributed by atoms with Crippen molar-refractivity contribution in [2.45, 2.75) is 87.9 Å². The zero-order valence-electron chi connectivity index (χ0n) is 18.8. The fraction of sp³-hybridized carbons (Fsp3) is 0.680. The molecule has 0 spiro atoms. The van der Waals surface area contributed by atoms with E-state index in [2.05, 4.69) is 9.88 Å². The second-order valence-electron chi connectivity index (χ2n) is 11.7. The second kappa shape index (κ2) is 7.00. The van der Waals surface area contributed by atoms with Crippen LogP contribution in [0.5, 0.6) is 0 Å². The average molecular weight is 470 g/mol. The molecule has 0 amide bonds. The monoisotopic (exact) mass is 469 g/mol. The maximum absolute atomic E-state index is 13.4. The lowest BCUT2D eigenvalue weighted by Gasteiger charge is -2.63. The molecular weight excluding hydrogens is 437 g/mol. The molecule has 8 heteroatoms. The Morgan fingerprint density at radius 1 is 0.879 bits per heavy atom. The summed E-state index contributed by atoms with van der Waals surface area (Å²) in [6.45, 7) is 0. The van der Waals surface area contributed by atoms with Gasteiger partial charge in [-0.05, 0) is 94.1 Å². The zero-order chi connectivity index (χ0) is 22.5. The minimum absolute atomic E-state index is 0.0432. The van der Waals surface area contributed by atoms with Gasteiger partial charge in [0.25, 0.3) is 5.56 Å². The van der Waals surface area contributed by atoms with E-state index in [4.69, 9.17) is 0 Å². The van der Waals surface area contributed by atoms with Gasteiger partial charge in [0.1, 0.15) is 0 Å². The first kappa shape index (κ1) is 20.8. The van der Waals surface area contributed by atoms with Crippen LogP contribution in [0.4, 0.5) is 0 Å². The summed E-state index contributed by atoms with van der Waals surface area (Å²) in [6.07, 6.45) is 12.5. The van der Waals surface area contributed by atoms with Crippen molar-refractivity contribution in [3.05, 3.63) is 34.6 Å². The number of rotatable bonds is 3. The van der Waals surface area contributed by atoms with Gasteiger partial charge in [0.15, 0.2) is 0 Å². The van der Waals surface area contributed by atoms with Crippen LogP contribution < -0.4 is 11.0 Å². The molecule has 2 aromatic rings. The molecule has 1 unspecified atom stereocenters. The van der Waals surface area contributed by atoms with Crippen molar-refractivity contribution in [2.24, 2.45) is 17.8 Å². The largest absolute Gasteiger partial charge is 0.380 e. The van der Waals surface area contributed by atoms with Gasteiger partial charge in [-0.2, -0.15) is 0 Å². The van der Waals surface area contributed by atoms with Gasteiger partial charge < -0.3 is 14.4 Å². The number of benzene rings is 1. The Morgan fingerprint density at radius 2 is 1.45 bits per heavy atom. The Kier molecular flexibility index (Phi) is 4.42.